The van der Waals surface area contributed by atoms with Gasteiger partial charge in [0.2, 0.25) is 0 Å². The van der Waals surface area contributed by atoms with E-state index in [4.69, 9.17) is 9.47 Å². The Morgan fingerprint density at radius 2 is 2.27 bits per heavy atom. The van der Waals surface area contributed by atoms with E-state index in [0.29, 0.717) is 6.61 Å². The Labute approximate surface area is 126 Å². The number of carbonyl (C=O) groups is 1. The first-order chi connectivity index (χ1) is 10.4. The van der Waals surface area contributed by atoms with Crippen molar-refractivity contribution in [2.24, 2.45) is 0 Å². The van der Waals surface area contributed by atoms with Crippen molar-refractivity contribution >= 4 is 5.91 Å². The Morgan fingerprint density at radius 3 is 2.91 bits per heavy atom. The van der Waals surface area contributed by atoms with Crippen molar-refractivity contribution in [3.63, 3.8) is 0 Å². The van der Waals surface area contributed by atoms with Gasteiger partial charge in [-0.2, -0.15) is 13.2 Å². The fraction of sp³-hybridized carbons (Fsp3) is 0.533. The Bertz CT molecular complexity index is 513. The number of carbonyl (C=O) groups excluding carboxylic acids is 1. The molecule has 4 nitrogen and oxygen atoms in total. The molecule has 1 fully saturated rings. The first-order valence-corrected chi connectivity index (χ1v) is 7.07. The van der Waals surface area contributed by atoms with Gasteiger partial charge in [0.15, 0.2) is 6.61 Å². The molecule has 2 atom stereocenters. The van der Waals surface area contributed by atoms with E-state index in [1.807, 2.05) is 6.92 Å². The summed E-state index contributed by atoms with van der Waals surface area (Å²) in [7, 11) is 0. The molecule has 1 heterocycles. The standard InChI is InChI=1S/C15H18F3NO3/c1-10(13-6-3-7-21-13)19-14(20)9-22-12-5-2-4-11(8-12)15(16,17)18/h2,4-5,8,10,13H,3,6-7,9H2,1H3,(H,19,20)/t10-,13-/m0/s1. The second-order valence-corrected chi connectivity index (χ2v) is 5.22. The SMILES string of the molecule is C[C@H](NC(=O)COc1cccc(C(F)(F)F)c1)[C@@H]1CCCO1. The van der Waals surface area contributed by atoms with Gasteiger partial charge in [-0.25, -0.2) is 0 Å². The minimum Gasteiger partial charge on any atom is -0.484 e. The van der Waals surface area contributed by atoms with Crippen LogP contribution in [0.25, 0.3) is 0 Å². The van der Waals surface area contributed by atoms with Crippen LogP contribution in [0.2, 0.25) is 0 Å². The Hall–Kier alpha value is -1.76. The van der Waals surface area contributed by atoms with Crippen LogP contribution < -0.4 is 10.1 Å². The summed E-state index contributed by atoms with van der Waals surface area (Å²) in [5.41, 5.74) is -0.807. The summed E-state index contributed by atoms with van der Waals surface area (Å²) in [6.07, 6.45) is -2.60. The molecule has 1 aromatic carbocycles. The lowest BCUT2D eigenvalue weighted by atomic mass is 10.1. The maximum absolute atomic E-state index is 12.6. The minimum absolute atomic E-state index is 0.00902. The highest BCUT2D eigenvalue weighted by Gasteiger charge is 2.30. The van der Waals surface area contributed by atoms with E-state index in [9.17, 15) is 18.0 Å². The van der Waals surface area contributed by atoms with Gasteiger partial charge in [-0.3, -0.25) is 4.79 Å². The number of rotatable bonds is 5. The molecule has 2 rings (SSSR count). The van der Waals surface area contributed by atoms with Crippen LogP contribution in [0.3, 0.4) is 0 Å². The van der Waals surface area contributed by atoms with Crippen molar-refractivity contribution in [3.05, 3.63) is 29.8 Å². The average Bonchev–Trinajstić information content (AvgIpc) is 2.99. The van der Waals surface area contributed by atoms with Crippen LogP contribution in [0.1, 0.15) is 25.3 Å². The molecular formula is C15H18F3NO3. The van der Waals surface area contributed by atoms with Crippen LogP contribution in [0, 0.1) is 0 Å². The molecule has 0 radical (unpaired) electrons. The van der Waals surface area contributed by atoms with Crippen LogP contribution in [0.5, 0.6) is 5.75 Å². The number of hydrogen-bond donors (Lipinski definition) is 1. The van der Waals surface area contributed by atoms with Gasteiger partial charge in [0.05, 0.1) is 17.7 Å². The van der Waals surface area contributed by atoms with E-state index in [1.165, 1.54) is 12.1 Å². The number of benzene rings is 1. The third-order valence-electron chi connectivity index (χ3n) is 3.44. The van der Waals surface area contributed by atoms with Crippen molar-refractivity contribution in [3.8, 4) is 5.75 Å². The van der Waals surface area contributed by atoms with Gasteiger partial charge in [0, 0.05) is 6.61 Å². The van der Waals surface area contributed by atoms with E-state index < -0.39 is 11.7 Å². The highest BCUT2D eigenvalue weighted by molar-refractivity contribution is 5.77. The molecule has 1 aliphatic heterocycles. The van der Waals surface area contributed by atoms with Crippen molar-refractivity contribution in [1.29, 1.82) is 0 Å². The van der Waals surface area contributed by atoms with Crippen LogP contribution >= 0.6 is 0 Å². The first kappa shape index (κ1) is 16.6. The Balaban J connectivity index is 1.83. The number of alkyl halides is 3. The lowest BCUT2D eigenvalue weighted by Crippen LogP contribution is -2.42. The molecule has 122 valence electrons. The normalized spacial score (nSPS) is 19.7. The molecule has 0 spiro atoms. The second-order valence-electron chi connectivity index (χ2n) is 5.22. The highest BCUT2D eigenvalue weighted by atomic mass is 19.4. The zero-order chi connectivity index (χ0) is 16.2. The summed E-state index contributed by atoms with van der Waals surface area (Å²) in [4.78, 5) is 11.8. The van der Waals surface area contributed by atoms with Crippen molar-refractivity contribution in [2.45, 2.75) is 38.1 Å². The van der Waals surface area contributed by atoms with E-state index in [1.54, 1.807) is 0 Å². The fourth-order valence-electron chi connectivity index (χ4n) is 2.30. The molecule has 0 aromatic heterocycles. The van der Waals surface area contributed by atoms with E-state index in [2.05, 4.69) is 5.32 Å². The maximum atomic E-state index is 12.6. The number of halogens is 3. The summed E-state index contributed by atoms with van der Waals surface area (Å²) in [6, 6.07) is 4.29. The molecule has 0 bridgehead atoms. The van der Waals surface area contributed by atoms with Crippen LogP contribution in [-0.2, 0) is 15.7 Å². The van der Waals surface area contributed by atoms with Crippen LogP contribution in [0.15, 0.2) is 24.3 Å². The van der Waals surface area contributed by atoms with Gasteiger partial charge in [-0.05, 0) is 38.0 Å². The molecule has 0 aliphatic carbocycles. The van der Waals surface area contributed by atoms with E-state index in [0.717, 1.165) is 25.0 Å². The molecular weight excluding hydrogens is 299 g/mol. The molecule has 1 aliphatic rings. The Morgan fingerprint density at radius 1 is 1.50 bits per heavy atom. The summed E-state index contributed by atoms with van der Waals surface area (Å²) in [6.45, 7) is 2.18. The number of amides is 1. The molecule has 1 N–H and O–H groups in total. The summed E-state index contributed by atoms with van der Waals surface area (Å²) in [5.74, 6) is -0.379. The number of hydrogen-bond acceptors (Lipinski definition) is 3. The quantitative estimate of drug-likeness (QED) is 0.908. The predicted octanol–water partition coefficient (Wildman–Crippen LogP) is 2.77. The summed E-state index contributed by atoms with van der Waals surface area (Å²) in [5, 5.41) is 2.73. The van der Waals surface area contributed by atoms with Gasteiger partial charge >= 0.3 is 6.18 Å². The highest BCUT2D eigenvalue weighted by Crippen LogP contribution is 2.31. The lowest BCUT2D eigenvalue weighted by molar-refractivity contribution is -0.137. The van der Waals surface area contributed by atoms with E-state index in [-0.39, 0.29) is 30.4 Å². The van der Waals surface area contributed by atoms with E-state index >= 15 is 0 Å². The third kappa shape index (κ3) is 4.62. The van der Waals surface area contributed by atoms with Gasteiger partial charge < -0.3 is 14.8 Å². The molecule has 0 saturated carbocycles. The molecule has 1 aromatic rings. The lowest BCUT2D eigenvalue weighted by Gasteiger charge is -2.20. The van der Waals surface area contributed by atoms with Gasteiger partial charge in [-0.15, -0.1) is 0 Å². The Kier molecular flexibility index (Phi) is 5.28. The topological polar surface area (TPSA) is 47.6 Å². The van der Waals surface area contributed by atoms with Crippen molar-refractivity contribution in [2.75, 3.05) is 13.2 Å². The third-order valence-corrected chi connectivity index (χ3v) is 3.44. The first-order valence-electron chi connectivity index (χ1n) is 7.07. The summed E-state index contributed by atoms with van der Waals surface area (Å²) >= 11 is 0. The van der Waals surface area contributed by atoms with Gasteiger partial charge in [0.25, 0.3) is 5.91 Å². The average molecular weight is 317 g/mol. The van der Waals surface area contributed by atoms with Gasteiger partial charge in [0.1, 0.15) is 5.75 Å². The summed E-state index contributed by atoms with van der Waals surface area (Å²) < 4.78 is 48.3. The second kappa shape index (κ2) is 7.00. The van der Waals surface area contributed by atoms with Gasteiger partial charge in [-0.1, -0.05) is 6.07 Å². The fourth-order valence-corrected chi connectivity index (χ4v) is 2.30. The zero-order valence-corrected chi connectivity index (χ0v) is 12.2. The van der Waals surface area contributed by atoms with Crippen LogP contribution in [0.4, 0.5) is 13.2 Å². The van der Waals surface area contributed by atoms with Crippen LogP contribution in [-0.4, -0.2) is 31.3 Å². The predicted molar refractivity (Wildman–Crippen MR) is 73.5 cm³/mol. The molecule has 7 heteroatoms. The largest absolute Gasteiger partial charge is 0.484 e. The smallest absolute Gasteiger partial charge is 0.416 e. The van der Waals surface area contributed by atoms with Crippen molar-refractivity contribution in [1.82, 2.24) is 5.32 Å². The molecule has 1 amide bonds. The maximum Gasteiger partial charge on any atom is 0.416 e. The minimum atomic E-state index is -4.43. The van der Waals surface area contributed by atoms with Crippen molar-refractivity contribution < 1.29 is 27.4 Å². The molecule has 0 unspecified atom stereocenters. The number of nitrogens with one attached hydrogen (secondary N) is 1. The molecule has 1 saturated heterocycles. The molecule has 22 heavy (non-hydrogen) atoms. The zero-order valence-electron chi connectivity index (χ0n) is 12.2. The monoisotopic (exact) mass is 317 g/mol. The number of ether oxygens (including phenoxy) is 2.